The number of nitrogens with two attached hydrogens (primary N) is 1. The van der Waals surface area contributed by atoms with Gasteiger partial charge in [-0.2, -0.15) is 0 Å². The van der Waals surface area contributed by atoms with E-state index < -0.39 is 11.6 Å². The van der Waals surface area contributed by atoms with Gasteiger partial charge in [-0.3, -0.25) is 0 Å². The zero-order valence-corrected chi connectivity index (χ0v) is 9.16. The first kappa shape index (κ1) is 10.3. The fraction of sp³-hybridized carbons (Fsp3) is 0.300. The molecule has 1 aromatic heterocycles. The van der Waals surface area contributed by atoms with Gasteiger partial charge in [0.1, 0.15) is 11.3 Å². The lowest BCUT2D eigenvalue weighted by Gasteiger charge is -2.07. The smallest absolute Gasteiger partial charge is 0.181 e. The number of fused-ring (bicyclic) bond motifs is 1. The summed E-state index contributed by atoms with van der Waals surface area (Å²) >= 11 is 1.12. The highest BCUT2D eigenvalue weighted by Crippen LogP contribution is 2.34. The molecule has 1 heterocycles. The molecule has 15 heavy (non-hydrogen) atoms. The Bertz CT molecular complexity index is 520. The van der Waals surface area contributed by atoms with Crippen LogP contribution in [-0.2, 0) is 0 Å². The number of hydrogen-bond acceptors (Lipinski definition) is 3. The fourth-order valence-corrected chi connectivity index (χ4v) is 2.61. The van der Waals surface area contributed by atoms with E-state index in [0.29, 0.717) is 10.3 Å². The van der Waals surface area contributed by atoms with Crippen LogP contribution >= 0.6 is 11.3 Å². The summed E-state index contributed by atoms with van der Waals surface area (Å²) in [6, 6.07) is 0.872. The predicted molar refractivity (Wildman–Crippen MR) is 58.0 cm³/mol. The Morgan fingerprint density at radius 3 is 2.60 bits per heavy atom. The van der Waals surface area contributed by atoms with Crippen molar-refractivity contribution in [3.05, 3.63) is 23.3 Å². The summed E-state index contributed by atoms with van der Waals surface area (Å²) in [5, 5.41) is 0.261. The van der Waals surface area contributed by atoms with E-state index in [4.69, 9.17) is 5.73 Å². The summed E-state index contributed by atoms with van der Waals surface area (Å²) in [5.41, 5.74) is 6.15. The zero-order chi connectivity index (χ0) is 11.2. The molecule has 0 aliphatic rings. The molecule has 80 valence electrons. The van der Waals surface area contributed by atoms with Crippen LogP contribution in [-0.4, -0.2) is 4.98 Å². The summed E-state index contributed by atoms with van der Waals surface area (Å²) in [7, 11) is 0. The Kier molecular flexibility index (Phi) is 2.34. The molecule has 0 amide bonds. The van der Waals surface area contributed by atoms with Crippen LogP contribution in [0.4, 0.5) is 13.9 Å². The van der Waals surface area contributed by atoms with Crippen LogP contribution < -0.4 is 5.73 Å². The maximum atomic E-state index is 13.5. The maximum Gasteiger partial charge on any atom is 0.181 e. The Hall–Kier alpha value is -1.23. The van der Waals surface area contributed by atoms with Gasteiger partial charge in [-0.15, -0.1) is 0 Å². The van der Waals surface area contributed by atoms with Crippen molar-refractivity contribution in [1.29, 1.82) is 0 Å². The van der Waals surface area contributed by atoms with Crippen molar-refractivity contribution in [2.45, 2.75) is 19.8 Å². The molecule has 0 bridgehead atoms. The quantitative estimate of drug-likeness (QED) is 0.813. The number of halogens is 2. The molecule has 2 N–H and O–H groups in total. The lowest BCUT2D eigenvalue weighted by molar-refractivity contribution is 0.573. The van der Waals surface area contributed by atoms with Crippen LogP contribution in [0, 0.1) is 11.6 Å². The number of rotatable bonds is 1. The Balaban J connectivity index is 2.89. The Morgan fingerprint density at radius 1 is 1.33 bits per heavy atom. The zero-order valence-electron chi connectivity index (χ0n) is 8.34. The highest BCUT2D eigenvalue weighted by atomic mass is 32.1. The van der Waals surface area contributed by atoms with Gasteiger partial charge in [0.05, 0.1) is 4.70 Å². The van der Waals surface area contributed by atoms with E-state index in [1.165, 1.54) is 0 Å². The number of thiazole rings is 1. The second-order valence-electron chi connectivity index (χ2n) is 3.64. The first-order chi connectivity index (χ1) is 7.00. The third-order valence-electron chi connectivity index (χ3n) is 2.20. The van der Waals surface area contributed by atoms with Gasteiger partial charge in [-0.1, -0.05) is 25.2 Å². The van der Waals surface area contributed by atoms with Crippen molar-refractivity contribution in [2.75, 3.05) is 5.73 Å². The van der Waals surface area contributed by atoms with Gasteiger partial charge in [0, 0.05) is 11.6 Å². The van der Waals surface area contributed by atoms with E-state index in [1.54, 1.807) is 0 Å². The van der Waals surface area contributed by atoms with Crippen molar-refractivity contribution in [2.24, 2.45) is 0 Å². The molecule has 2 aromatic rings. The molecule has 0 aliphatic heterocycles. The van der Waals surface area contributed by atoms with Gasteiger partial charge in [-0.05, 0) is 5.92 Å². The molecule has 0 radical (unpaired) electrons. The largest absolute Gasteiger partial charge is 0.375 e. The molecule has 0 atom stereocenters. The van der Waals surface area contributed by atoms with Gasteiger partial charge in [0.25, 0.3) is 0 Å². The van der Waals surface area contributed by atoms with Crippen LogP contribution in [0.5, 0.6) is 0 Å². The molecule has 0 spiro atoms. The molecule has 0 saturated heterocycles. The molecule has 0 unspecified atom stereocenters. The lowest BCUT2D eigenvalue weighted by atomic mass is 10.0. The number of hydrogen-bond donors (Lipinski definition) is 1. The average Bonchev–Trinajstić information content (AvgIpc) is 2.45. The van der Waals surface area contributed by atoms with E-state index in [9.17, 15) is 8.78 Å². The average molecular weight is 228 g/mol. The molecule has 1 aromatic carbocycles. The summed E-state index contributed by atoms with van der Waals surface area (Å²) < 4.78 is 27.4. The van der Waals surface area contributed by atoms with E-state index in [0.717, 1.165) is 17.4 Å². The molecule has 2 rings (SSSR count). The Morgan fingerprint density at radius 2 is 2.00 bits per heavy atom. The third kappa shape index (κ3) is 1.56. The minimum absolute atomic E-state index is 0.0204. The predicted octanol–water partition coefficient (Wildman–Crippen LogP) is 3.28. The van der Waals surface area contributed by atoms with Crippen molar-refractivity contribution in [1.82, 2.24) is 4.98 Å². The van der Waals surface area contributed by atoms with Crippen LogP contribution in [0.15, 0.2) is 6.07 Å². The number of nitrogens with zero attached hydrogens (tertiary/aromatic N) is 1. The standard InChI is InChI=1S/C10H10F2N2S/c1-4(2)7-5(11)3-6(12)8-9(7)15-10(13)14-8/h3-4H,1-2H3,(H2,13,14). The van der Waals surface area contributed by atoms with Crippen molar-refractivity contribution < 1.29 is 8.78 Å². The summed E-state index contributed by atoms with van der Waals surface area (Å²) in [6.45, 7) is 3.71. The number of nitrogen functional groups attached to an aromatic ring is 1. The number of aromatic nitrogens is 1. The summed E-state index contributed by atoms with van der Waals surface area (Å²) in [4.78, 5) is 3.85. The van der Waals surface area contributed by atoms with E-state index >= 15 is 0 Å². The highest BCUT2D eigenvalue weighted by molar-refractivity contribution is 7.22. The van der Waals surface area contributed by atoms with Gasteiger partial charge in [0.2, 0.25) is 0 Å². The molecular formula is C10H10F2N2S. The maximum absolute atomic E-state index is 13.5. The van der Waals surface area contributed by atoms with Crippen molar-refractivity contribution in [3.63, 3.8) is 0 Å². The van der Waals surface area contributed by atoms with Crippen LogP contribution in [0.25, 0.3) is 10.2 Å². The van der Waals surface area contributed by atoms with E-state index in [-0.39, 0.29) is 16.6 Å². The molecule has 2 nitrogen and oxygen atoms in total. The van der Waals surface area contributed by atoms with E-state index in [2.05, 4.69) is 4.98 Å². The highest BCUT2D eigenvalue weighted by Gasteiger charge is 2.18. The third-order valence-corrected chi connectivity index (χ3v) is 3.12. The summed E-state index contributed by atoms with van der Waals surface area (Å²) in [6.07, 6.45) is 0. The fourth-order valence-electron chi connectivity index (χ4n) is 1.58. The number of anilines is 1. The monoisotopic (exact) mass is 228 g/mol. The van der Waals surface area contributed by atoms with Crippen LogP contribution in [0.2, 0.25) is 0 Å². The minimum atomic E-state index is -0.653. The molecule has 5 heteroatoms. The van der Waals surface area contributed by atoms with Crippen molar-refractivity contribution >= 4 is 26.7 Å². The minimum Gasteiger partial charge on any atom is -0.375 e. The topological polar surface area (TPSA) is 38.9 Å². The second-order valence-corrected chi connectivity index (χ2v) is 4.67. The van der Waals surface area contributed by atoms with Crippen molar-refractivity contribution in [3.8, 4) is 0 Å². The van der Waals surface area contributed by atoms with Crippen LogP contribution in [0.1, 0.15) is 25.3 Å². The molecule has 0 aliphatic carbocycles. The first-order valence-electron chi connectivity index (χ1n) is 4.54. The number of benzene rings is 1. The molecule has 0 saturated carbocycles. The van der Waals surface area contributed by atoms with Gasteiger partial charge in [0.15, 0.2) is 10.9 Å². The normalized spacial score (nSPS) is 11.5. The van der Waals surface area contributed by atoms with E-state index in [1.807, 2.05) is 13.8 Å². The molecule has 0 fully saturated rings. The first-order valence-corrected chi connectivity index (χ1v) is 5.36. The van der Waals surface area contributed by atoms with Crippen LogP contribution in [0.3, 0.4) is 0 Å². The Labute approximate surface area is 89.7 Å². The van der Waals surface area contributed by atoms with Gasteiger partial charge in [-0.25, -0.2) is 13.8 Å². The summed E-state index contributed by atoms with van der Waals surface area (Å²) in [5.74, 6) is -1.20. The van der Waals surface area contributed by atoms with Gasteiger partial charge >= 0.3 is 0 Å². The SMILES string of the molecule is CC(C)c1c(F)cc(F)c2nc(N)sc12. The molecular weight excluding hydrogens is 218 g/mol. The van der Waals surface area contributed by atoms with Gasteiger partial charge < -0.3 is 5.73 Å². The lowest BCUT2D eigenvalue weighted by Crippen LogP contribution is -1.95. The second kappa shape index (κ2) is 3.41.